The molecule has 0 fully saturated rings. The largest absolute Gasteiger partial charge is 0.462 e. The van der Waals surface area contributed by atoms with E-state index in [9.17, 15) is 14.9 Å². The molecule has 2 aromatic heterocycles. The number of amides is 1. The summed E-state index contributed by atoms with van der Waals surface area (Å²) < 4.78 is 5.18. The smallest absolute Gasteiger partial charge is 0.341 e. The molecule has 0 aliphatic heterocycles. The summed E-state index contributed by atoms with van der Waals surface area (Å²) >= 11 is 8.98. The van der Waals surface area contributed by atoms with E-state index in [4.69, 9.17) is 21.3 Å². The SMILES string of the molecule is CCOC(=O)c1c(NC(=O)CSc2nc(-c3ccccc3)cc(-c3ccccc3Cl)c2C#N)sc(C)c1C. The van der Waals surface area contributed by atoms with Gasteiger partial charge in [-0.15, -0.1) is 11.3 Å². The number of anilines is 1. The number of benzene rings is 2. The lowest BCUT2D eigenvalue weighted by Gasteiger charge is -2.13. The molecular formula is C29H24ClN3O3S2. The third-order valence-electron chi connectivity index (χ3n) is 5.79. The van der Waals surface area contributed by atoms with Crippen LogP contribution in [0.5, 0.6) is 0 Å². The van der Waals surface area contributed by atoms with E-state index >= 15 is 0 Å². The first-order valence-corrected chi connectivity index (χ1v) is 14.0. The predicted octanol–water partition coefficient (Wildman–Crippen LogP) is 7.53. The first-order chi connectivity index (χ1) is 18.3. The van der Waals surface area contributed by atoms with Gasteiger partial charge in [0.1, 0.15) is 16.1 Å². The number of aromatic nitrogens is 1. The highest BCUT2D eigenvalue weighted by Gasteiger charge is 2.23. The van der Waals surface area contributed by atoms with Crippen LogP contribution in [-0.2, 0) is 9.53 Å². The minimum absolute atomic E-state index is 0.0137. The Balaban J connectivity index is 1.67. The van der Waals surface area contributed by atoms with Gasteiger partial charge in [0.05, 0.1) is 29.2 Å². The summed E-state index contributed by atoms with van der Waals surface area (Å²) in [5, 5.41) is 14.3. The fourth-order valence-corrected chi connectivity index (χ4v) is 5.95. The van der Waals surface area contributed by atoms with Gasteiger partial charge in [0.25, 0.3) is 0 Å². The number of hydrogen-bond acceptors (Lipinski definition) is 7. The van der Waals surface area contributed by atoms with Crippen molar-refractivity contribution < 1.29 is 14.3 Å². The zero-order chi connectivity index (χ0) is 27.2. The van der Waals surface area contributed by atoms with Crippen LogP contribution in [0.2, 0.25) is 5.02 Å². The van der Waals surface area contributed by atoms with E-state index in [2.05, 4.69) is 11.4 Å². The van der Waals surface area contributed by atoms with Crippen molar-refractivity contribution in [2.45, 2.75) is 25.8 Å². The van der Waals surface area contributed by atoms with Crippen molar-refractivity contribution in [2.75, 3.05) is 17.7 Å². The monoisotopic (exact) mass is 561 g/mol. The number of nitrogens with zero attached hydrogens (tertiary/aromatic N) is 2. The van der Waals surface area contributed by atoms with Crippen LogP contribution in [0.15, 0.2) is 65.7 Å². The lowest BCUT2D eigenvalue weighted by atomic mass is 9.99. The van der Waals surface area contributed by atoms with Gasteiger partial charge in [0, 0.05) is 26.6 Å². The number of carbonyl (C=O) groups excluding carboxylic acids is 2. The van der Waals surface area contributed by atoms with E-state index in [1.165, 1.54) is 11.3 Å². The number of hydrogen-bond donors (Lipinski definition) is 1. The molecule has 0 saturated carbocycles. The summed E-state index contributed by atoms with van der Waals surface area (Å²) in [5.41, 5.74) is 4.38. The predicted molar refractivity (Wildman–Crippen MR) is 154 cm³/mol. The fraction of sp³-hybridized carbons (Fsp3) is 0.172. The molecule has 0 radical (unpaired) electrons. The Labute approximate surface area is 234 Å². The number of ether oxygens (including phenoxy) is 1. The quantitative estimate of drug-likeness (QED) is 0.176. The topological polar surface area (TPSA) is 92.1 Å². The van der Waals surface area contributed by atoms with Crippen LogP contribution in [-0.4, -0.2) is 29.2 Å². The molecule has 2 aromatic carbocycles. The first kappa shape index (κ1) is 27.4. The maximum absolute atomic E-state index is 13.0. The molecule has 0 aliphatic rings. The van der Waals surface area contributed by atoms with Gasteiger partial charge in [-0.05, 0) is 38.5 Å². The van der Waals surface area contributed by atoms with Crippen molar-refractivity contribution in [3.63, 3.8) is 0 Å². The molecule has 0 spiro atoms. The Morgan fingerprint density at radius 3 is 2.50 bits per heavy atom. The number of aryl methyl sites for hydroxylation is 1. The number of thioether (sulfide) groups is 1. The van der Waals surface area contributed by atoms with Gasteiger partial charge in [-0.2, -0.15) is 5.26 Å². The molecule has 1 amide bonds. The molecule has 9 heteroatoms. The van der Waals surface area contributed by atoms with Gasteiger partial charge in [-0.1, -0.05) is 71.9 Å². The molecular weight excluding hydrogens is 538 g/mol. The molecule has 192 valence electrons. The Hall–Kier alpha value is -3.64. The van der Waals surface area contributed by atoms with Crippen LogP contribution < -0.4 is 5.32 Å². The van der Waals surface area contributed by atoms with Gasteiger partial charge < -0.3 is 10.1 Å². The molecule has 0 bridgehead atoms. The average molecular weight is 562 g/mol. The molecule has 0 saturated heterocycles. The van der Waals surface area contributed by atoms with Crippen LogP contribution in [0.25, 0.3) is 22.4 Å². The van der Waals surface area contributed by atoms with Crippen LogP contribution in [0, 0.1) is 25.2 Å². The molecule has 0 atom stereocenters. The Morgan fingerprint density at radius 2 is 1.82 bits per heavy atom. The van der Waals surface area contributed by atoms with Gasteiger partial charge >= 0.3 is 5.97 Å². The van der Waals surface area contributed by atoms with Crippen molar-refractivity contribution >= 4 is 51.6 Å². The molecule has 0 unspecified atom stereocenters. The van der Waals surface area contributed by atoms with Crippen LogP contribution >= 0.6 is 34.7 Å². The molecule has 4 rings (SSSR count). The van der Waals surface area contributed by atoms with Crippen molar-refractivity contribution in [3.8, 4) is 28.5 Å². The summed E-state index contributed by atoms with van der Waals surface area (Å²) in [6, 6.07) is 21.0. The number of carbonyl (C=O) groups is 2. The second-order valence-corrected chi connectivity index (χ2v) is 10.8. The number of nitrogens with one attached hydrogen (secondary N) is 1. The summed E-state index contributed by atoms with van der Waals surface area (Å²) in [4.78, 5) is 31.1. The van der Waals surface area contributed by atoms with Crippen molar-refractivity contribution in [3.05, 3.63) is 87.3 Å². The van der Waals surface area contributed by atoms with Gasteiger partial charge in [-0.25, -0.2) is 9.78 Å². The molecule has 6 nitrogen and oxygen atoms in total. The minimum Gasteiger partial charge on any atom is -0.462 e. The summed E-state index contributed by atoms with van der Waals surface area (Å²) in [6.07, 6.45) is 0. The van der Waals surface area contributed by atoms with E-state index < -0.39 is 5.97 Å². The van der Waals surface area contributed by atoms with E-state index in [1.54, 1.807) is 13.0 Å². The maximum Gasteiger partial charge on any atom is 0.341 e. The normalized spacial score (nSPS) is 10.6. The average Bonchev–Trinajstić information content (AvgIpc) is 3.20. The molecule has 1 N–H and O–H groups in total. The Bertz CT molecular complexity index is 1540. The Morgan fingerprint density at radius 1 is 1.11 bits per heavy atom. The minimum atomic E-state index is -0.467. The number of pyridine rings is 1. The van der Waals surface area contributed by atoms with E-state index in [-0.39, 0.29) is 18.3 Å². The zero-order valence-corrected chi connectivity index (χ0v) is 23.4. The van der Waals surface area contributed by atoms with Crippen molar-refractivity contribution in [2.24, 2.45) is 0 Å². The van der Waals surface area contributed by atoms with Crippen molar-refractivity contribution in [1.82, 2.24) is 4.98 Å². The molecule has 4 aromatic rings. The Kier molecular flexibility index (Phi) is 8.85. The third kappa shape index (κ3) is 5.91. The summed E-state index contributed by atoms with van der Waals surface area (Å²) in [5.74, 6) is -0.803. The highest BCUT2D eigenvalue weighted by Crippen LogP contribution is 2.37. The fourth-order valence-electron chi connectivity index (χ4n) is 3.84. The standard InChI is InChI=1S/C29H24ClN3O3S2/c1-4-36-29(35)26-17(2)18(3)38-28(26)33-25(34)16-37-27-22(15-31)21(20-12-8-9-13-23(20)30)14-24(32-27)19-10-6-5-7-11-19/h5-14H,4,16H2,1-3H3,(H,33,34). The molecule has 38 heavy (non-hydrogen) atoms. The molecule has 0 aliphatic carbocycles. The van der Waals surface area contributed by atoms with Crippen LogP contribution in [0.3, 0.4) is 0 Å². The van der Waals surface area contributed by atoms with Crippen molar-refractivity contribution in [1.29, 1.82) is 5.26 Å². The number of esters is 1. The van der Waals surface area contributed by atoms with Gasteiger partial charge in [0.15, 0.2) is 0 Å². The van der Waals surface area contributed by atoms with E-state index in [1.807, 2.05) is 68.4 Å². The lowest BCUT2D eigenvalue weighted by Crippen LogP contribution is -2.16. The number of nitriles is 1. The number of halogens is 1. The van der Waals surface area contributed by atoms with Crippen LogP contribution in [0.1, 0.15) is 33.3 Å². The lowest BCUT2D eigenvalue weighted by molar-refractivity contribution is -0.113. The molecule has 2 heterocycles. The van der Waals surface area contributed by atoms with Gasteiger partial charge in [0.2, 0.25) is 5.91 Å². The summed E-state index contributed by atoms with van der Waals surface area (Å²) in [6.45, 7) is 5.70. The van der Waals surface area contributed by atoms with Crippen LogP contribution in [0.4, 0.5) is 5.00 Å². The highest BCUT2D eigenvalue weighted by molar-refractivity contribution is 8.00. The zero-order valence-electron chi connectivity index (χ0n) is 21.0. The van der Waals surface area contributed by atoms with E-state index in [0.717, 1.165) is 27.8 Å². The second kappa shape index (κ2) is 12.3. The first-order valence-electron chi connectivity index (χ1n) is 11.8. The number of rotatable bonds is 8. The third-order valence-corrected chi connectivity index (χ3v) is 8.22. The highest BCUT2D eigenvalue weighted by atomic mass is 35.5. The number of thiophene rings is 1. The maximum atomic E-state index is 13.0. The second-order valence-electron chi connectivity index (χ2n) is 8.24. The van der Waals surface area contributed by atoms with E-state index in [0.29, 0.717) is 43.0 Å². The van der Waals surface area contributed by atoms with Gasteiger partial charge in [-0.3, -0.25) is 4.79 Å². The summed E-state index contributed by atoms with van der Waals surface area (Å²) in [7, 11) is 0.